The second-order valence-corrected chi connectivity index (χ2v) is 4.92. The van der Waals surface area contributed by atoms with Crippen LogP contribution in [-0.2, 0) is 14.9 Å². The zero-order chi connectivity index (χ0) is 13.6. The van der Waals surface area contributed by atoms with Crippen LogP contribution in [0.4, 0.5) is 0 Å². The highest BCUT2D eigenvalue weighted by atomic mass is 32.2. The van der Waals surface area contributed by atoms with E-state index in [1.807, 2.05) is 0 Å². The average molecular weight is 270 g/mol. The van der Waals surface area contributed by atoms with E-state index in [2.05, 4.69) is 5.92 Å². The molecule has 5 nitrogen and oxygen atoms in total. The number of terminal acetylenes is 1. The van der Waals surface area contributed by atoms with E-state index in [4.69, 9.17) is 20.4 Å². The van der Waals surface area contributed by atoms with Gasteiger partial charge in [0.2, 0.25) is 0 Å². The van der Waals surface area contributed by atoms with E-state index in [1.54, 1.807) is 13.0 Å². The quantitative estimate of drug-likeness (QED) is 0.479. The minimum Gasteiger partial charge on any atom is -0.490 e. The Balaban J connectivity index is 2.75. The summed E-state index contributed by atoms with van der Waals surface area (Å²) in [6.45, 7) is 2.34. The van der Waals surface area contributed by atoms with Crippen molar-refractivity contribution in [3.63, 3.8) is 0 Å². The molecule has 1 N–H and O–H groups in total. The van der Waals surface area contributed by atoms with Crippen LogP contribution in [0.2, 0.25) is 0 Å². The highest BCUT2D eigenvalue weighted by Gasteiger charge is 2.16. The molecule has 0 spiro atoms. The maximum absolute atomic E-state index is 11.1. The average Bonchev–Trinajstić information content (AvgIpc) is 2.27. The third kappa shape index (κ3) is 4.37. The second kappa shape index (κ2) is 6.40. The van der Waals surface area contributed by atoms with Gasteiger partial charge >= 0.3 is 0 Å². The third-order valence-electron chi connectivity index (χ3n) is 2.05. The van der Waals surface area contributed by atoms with E-state index in [-0.39, 0.29) is 30.5 Å². The Morgan fingerprint density at radius 3 is 2.72 bits per heavy atom. The number of hydrogen-bond donors (Lipinski definition) is 1. The van der Waals surface area contributed by atoms with Crippen molar-refractivity contribution in [2.75, 3.05) is 19.8 Å². The normalized spacial score (nSPS) is 10.9. The molecule has 0 saturated heterocycles. The van der Waals surface area contributed by atoms with Crippen LogP contribution in [0, 0.1) is 19.3 Å². The lowest BCUT2D eigenvalue weighted by Gasteiger charge is -2.10. The summed E-state index contributed by atoms with van der Waals surface area (Å²) in [5.74, 6) is 2.40. The molecular weight excluding hydrogens is 256 g/mol. The minimum atomic E-state index is -4.30. The number of aryl methyl sites for hydroxylation is 1. The van der Waals surface area contributed by atoms with E-state index < -0.39 is 10.1 Å². The van der Waals surface area contributed by atoms with Gasteiger partial charge in [-0.1, -0.05) is 12.0 Å². The predicted molar refractivity (Wildman–Crippen MR) is 66.1 cm³/mol. The summed E-state index contributed by atoms with van der Waals surface area (Å²) in [5.41, 5.74) is 0.821. The molecule has 1 aromatic rings. The van der Waals surface area contributed by atoms with Crippen LogP contribution in [0.25, 0.3) is 0 Å². The molecule has 0 radical (unpaired) electrons. The Morgan fingerprint density at radius 1 is 1.39 bits per heavy atom. The molecule has 1 aromatic carbocycles. The van der Waals surface area contributed by atoms with Crippen LogP contribution in [0.5, 0.6) is 5.75 Å². The Hall–Kier alpha value is -1.55. The fourth-order valence-corrected chi connectivity index (χ4v) is 1.89. The van der Waals surface area contributed by atoms with Crippen LogP contribution in [-0.4, -0.2) is 32.8 Å². The lowest BCUT2D eigenvalue weighted by Crippen LogP contribution is -2.09. The molecule has 6 heteroatoms. The molecule has 0 atom stereocenters. The zero-order valence-electron chi connectivity index (χ0n) is 9.92. The van der Waals surface area contributed by atoms with E-state index in [0.29, 0.717) is 0 Å². The lowest BCUT2D eigenvalue weighted by molar-refractivity contribution is 0.123. The molecule has 0 saturated carbocycles. The SMILES string of the molecule is C#CCOCCOc1cc(C)ccc1S(=O)(=O)O. The van der Waals surface area contributed by atoms with Crippen LogP contribution in [0.15, 0.2) is 23.1 Å². The van der Waals surface area contributed by atoms with Crippen molar-refractivity contribution in [1.29, 1.82) is 0 Å². The van der Waals surface area contributed by atoms with Crippen molar-refractivity contribution >= 4 is 10.1 Å². The fraction of sp³-hybridized carbons (Fsp3) is 0.333. The first-order chi connectivity index (χ1) is 8.45. The standard InChI is InChI=1S/C12H14O5S/c1-3-6-16-7-8-17-11-9-10(2)4-5-12(11)18(13,14)15/h1,4-5,9H,6-8H2,2H3,(H,13,14,15). The van der Waals surface area contributed by atoms with Crippen LogP contribution in [0.3, 0.4) is 0 Å². The molecular formula is C12H14O5S. The predicted octanol–water partition coefficient (Wildman–Crippen LogP) is 1.27. The third-order valence-corrected chi connectivity index (χ3v) is 2.94. The molecule has 0 amide bonds. The second-order valence-electron chi connectivity index (χ2n) is 3.53. The van der Waals surface area contributed by atoms with Gasteiger partial charge in [-0.15, -0.1) is 6.42 Å². The molecule has 0 aliphatic carbocycles. The van der Waals surface area contributed by atoms with E-state index in [9.17, 15) is 8.42 Å². The molecule has 0 fully saturated rings. The van der Waals surface area contributed by atoms with Crippen molar-refractivity contribution in [3.8, 4) is 18.1 Å². The molecule has 18 heavy (non-hydrogen) atoms. The van der Waals surface area contributed by atoms with Gasteiger partial charge in [-0.3, -0.25) is 4.55 Å². The van der Waals surface area contributed by atoms with Gasteiger partial charge in [0.25, 0.3) is 10.1 Å². The van der Waals surface area contributed by atoms with Crippen molar-refractivity contribution in [2.45, 2.75) is 11.8 Å². The molecule has 98 valence electrons. The summed E-state index contributed by atoms with van der Waals surface area (Å²) >= 11 is 0. The van der Waals surface area contributed by atoms with Gasteiger partial charge in [0, 0.05) is 0 Å². The van der Waals surface area contributed by atoms with Gasteiger partial charge in [0.15, 0.2) is 0 Å². The molecule has 1 rings (SSSR count). The summed E-state index contributed by atoms with van der Waals surface area (Å²) in [7, 11) is -4.30. The Kier molecular flexibility index (Phi) is 5.16. The summed E-state index contributed by atoms with van der Waals surface area (Å²) in [6, 6.07) is 4.40. The first kappa shape index (κ1) is 14.5. The first-order valence-electron chi connectivity index (χ1n) is 5.17. The number of rotatable bonds is 6. The first-order valence-corrected chi connectivity index (χ1v) is 6.61. The zero-order valence-corrected chi connectivity index (χ0v) is 10.7. The van der Waals surface area contributed by atoms with Gasteiger partial charge in [0.1, 0.15) is 23.9 Å². The largest absolute Gasteiger partial charge is 0.490 e. The monoisotopic (exact) mass is 270 g/mol. The maximum Gasteiger partial charge on any atom is 0.298 e. The van der Waals surface area contributed by atoms with Crippen LogP contribution >= 0.6 is 0 Å². The van der Waals surface area contributed by atoms with Crippen LogP contribution in [0.1, 0.15) is 5.56 Å². The number of hydrogen-bond acceptors (Lipinski definition) is 4. The highest BCUT2D eigenvalue weighted by Crippen LogP contribution is 2.24. The van der Waals surface area contributed by atoms with Crippen LogP contribution < -0.4 is 4.74 Å². The van der Waals surface area contributed by atoms with Gasteiger partial charge in [-0.05, 0) is 24.6 Å². The van der Waals surface area contributed by atoms with Gasteiger partial charge in [-0.25, -0.2) is 0 Å². The molecule has 0 unspecified atom stereocenters. The van der Waals surface area contributed by atoms with E-state index in [0.717, 1.165) is 5.56 Å². The van der Waals surface area contributed by atoms with Crippen molar-refractivity contribution in [2.24, 2.45) is 0 Å². The van der Waals surface area contributed by atoms with Gasteiger partial charge in [0.05, 0.1) is 6.61 Å². The van der Waals surface area contributed by atoms with Gasteiger partial charge < -0.3 is 9.47 Å². The summed E-state index contributed by atoms with van der Waals surface area (Å²) < 4.78 is 41.5. The molecule has 0 heterocycles. The smallest absolute Gasteiger partial charge is 0.298 e. The fourth-order valence-electron chi connectivity index (χ4n) is 1.28. The Morgan fingerprint density at radius 2 is 2.11 bits per heavy atom. The molecule has 0 aromatic heterocycles. The highest BCUT2D eigenvalue weighted by molar-refractivity contribution is 7.86. The molecule has 0 aliphatic rings. The van der Waals surface area contributed by atoms with Gasteiger partial charge in [-0.2, -0.15) is 8.42 Å². The molecule has 0 aliphatic heterocycles. The van der Waals surface area contributed by atoms with Crippen molar-refractivity contribution < 1.29 is 22.4 Å². The summed E-state index contributed by atoms with van der Waals surface area (Å²) in [6.07, 6.45) is 4.99. The molecule has 0 bridgehead atoms. The minimum absolute atomic E-state index is 0.0989. The summed E-state index contributed by atoms with van der Waals surface area (Å²) in [5, 5.41) is 0. The van der Waals surface area contributed by atoms with Crippen molar-refractivity contribution in [3.05, 3.63) is 23.8 Å². The summed E-state index contributed by atoms with van der Waals surface area (Å²) in [4.78, 5) is -0.259. The Bertz CT molecular complexity index is 542. The van der Waals surface area contributed by atoms with E-state index in [1.165, 1.54) is 12.1 Å². The topological polar surface area (TPSA) is 72.8 Å². The maximum atomic E-state index is 11.1. The number of ether oxygens (including phenoxy) is 2. The Labute approximate surface area is 106 Å². The van der Waals surface area contributed by atoms with Crippen molar-refractivity contribution in [1.82, 2.24) is 0 Å². The number of benzene rings is 1. The lowest BCUT2D eigenvalue weighted by atomic mass is 10.2. The van der Waals surface area contributed by atoms with E-state index >= 15 is 0 Å².